The third-order valence-electron chi connectivity index (χ3n) is 10.2. The van der Waals surface area contributed by atoms with Crippen LogP contribution in [0.4, 0.5) is 0 Å². The van der Waals surface area contributed by atoms with Crippen LogP contribution in [0.1, 0.15) is 112 Å². The van der Waals surface area contributed by atoms with E-state index in [1.54, 1.807) is 11.6 Å². The minimum Gasteiger partial charge on any atom is -0.481 e. The number of hydrogen-bond donors (Lipinski definition) is 1. The van der Waals surface area contributed by atoms with E-state index in [1.165, 1.54) is 50.2 Å². The van der Waals surface area contributed by atoms with Crippen molar-refractivity contribution in [2.75, 3.05) is 0 Å². The van der Waals surface area contributed by atoms with Crippen LogP contribution in [0.5, 0.6) is 0 Å². The monoisotopic (exact) mass is 576 g/mol. The number of carbonyl (C=O) groups is 1. The summed E-state index contributed by atoms with van der Waals surface area (Å²) in [7, 11) is -3.55. The molecular formula is C33H60O4Si2. The lowest BCUT2D eigenvalue weighted by Crippen LogP contribution is -2.46. The summed E-state index contributed by atoms with van der Waals surface area (Å²) in [5.41, 5.74) is 4.66. The molecule has 4 nitrogen and oxygen atoms in total. The van der Waals surface area contributed by atoms with Crippen molar-refractivity contribution in [2.45, 2.75) is 161 Å². The molecule has 0 aromatic heterocycles. The third kappa shape index (κ3) is 10.5. The first kappa shape index (κ1) is 34.3. The molecule has 0 aliphatic heterocycles. The van der Waals surface area contributed by atoms with E-state index in [1.807, 2.05) is 6.08 Å². The molecule has 224 valence electrons. The summed E-state index contributed by atoms with van der Waals surface area (Å²) in [5.74, 6) is 0.333. The Morgan fingerprint density at radius 1 is 1.10 bits per heavy atom. The van der Waals surface area contributed by atoms with Crippen molar-refractivity contribution in [3.63, 3.8) is 0 Å². The molecule has 2 unspecified atom stereocenters. The molecule has 2 rings (SSSR count). The van der Waals surface area contributed by atoms with Crippen LogP contribution in [0.3, 0.4) is 0 Å². The molecule has 1 N–H and O–H groups in total. The smallest absolute Gasteiger partial charge is 0.307 e. The maximum absolute atomic E-state index is 10.8. The van der Waals surface area contributed by atoms with Crippen LogP contribution in [-0.2, 0) is 13.6 Å². The van der Waals surface area contributed by atoms with Crippen molar-refractivity contribution in [3.8, 4) is 0 Å². The quantitative estimate of drug-likeness (QED) is 0.113. The van der Waals surface area contributed by atoms with Crippen molar-refractivity contribution < 1.29 is 18.8 Å². The molecule has 3 atom stereocenters. The van der Waals surface area contributed by atoms with Gasteiger partial charge in [-0.25, -0.2) is 0 Å². The van der Waals surface area contributed by atoms with Crippen LogP contribution in [0.15, 0.2) is 29.5 Å². The van der Waals surface area contributed by atoms with Gasteiger partial charge < -0.3 is 14.0 Å². The summed E-state index contributed by atoms with van der Waals surface area (Å²) in [4.78, 5) is 10.8. The van der Waals surface area contributed by atoms with E-state index in [0.29, 0.717) is 17.9 Å². The van der Waals surface area contributed by atoms with Gasteiger partial charge in [0.15, 0.2) is 16.6 Å². The van der Waals surface area contributed by atoms with Gasteiger partial charge in [-0.3, -0.25) is 4.79 Å². The topological polar surface area (TPSA) is 55.8 Å². The van der Waals surface area contributed by atoms with Gasteiger partial charge in [0.25, 0.3) is 0 Å². The average molecular weight is 577 g/mol. The molecule has 6 heteroatoms. The van der Waals surface area contributed by atoms with Crippen LogP contribution in [0.2, 0.25) is 36.3 Å². The maximum atomic E-state index is 10.8. The van der Waals surface area contributed by atoms with Gasteiger partial charge in [-0.2, -0.15) is 0 Å². The van der Waals surface area contributed by atoms with Crippen LogP contribution in [-0.4, -0.2) is 39.9 Å². The highest BCUT2D eigenvalue weighted by Crippen LogP contribution is 2.43. The van der Waals surface area contributed by atoms with Gasteiger partial charge in [0.05, 0.1) is 12.5 Å². The highest BCUT2D eigenvalue weighted by Gasteiger charge is 2.42. The molecule has 0 aromatic carbocycles. The fourth-order valence-electron chi connectivity index (χ4n) is 6.27. The molecular weight excluding hydrogens is 517 g/mol. The van der Waals surface area contributed by atoms with E-state index < -0.39 is 22.6 Å². The Balaban J connectivity index is 2.18. The maximum Gasteiger partial charge on any atom is 0.307 e. The predicted octanol–water partition coefficient (Wildman–Crippen LogP) is 10.0. The zero-order valence-corrected chi connectivity index (χ0v) is 28.6. The Morgan fingerprint density at radius 2 is 1.74 bits per heavy atom. The van der Waals surface area contributed by atoms with E-state index in [2.05, 4.69) is 66.4 Å². The standard InChI is InChI=1S/C33H60O4Si2/c1-9-39(10-2,11-3)37-31-26-24-27(29(31)21-17-12-13-18-22-32(34)35)23-25-30(28-19-15-14-16-20-28)36-38(7,8)33(4,5)6/h12,18,24,28-31H,9-11,14-17,19-23,25-26H2,1-8H3,(H,34,35)/t13?,29-,30?,31?/m1/s1. The Morgan fingerprint density at radius 3 is 2.31 bits per heavy atom. The molecule has 1 fully saturated rings. The lowest BCUT2D eigenvalue weighted by atomic mass is 9.82. The predicted molar refractivity (Wildman–Crippen MR) is 170 cm³/mol. The van der Waals surface area contributed by atoms with Crippen molar-refractivity contribution >= 4 is 22.6 Å². The Hall–Kier alpha value is -0.916. The van der Waals surface area contributed by atoms with E-state index >= 15 is 0 Å². The van der Waals surface area contributed by atoms with Crippen molar-refractivity contribution in [1.82, 2.24) is 0 Å². The van der Waals surface area contributed by atoms with E-state index in [4.69, 9.17) is 14.0 Å². The van der Waals surface area contributed by atoms with Gasteiger partial charge in [-0.1, -0.05) is 72.5 Å². The van der Waals surface area contributed by atoms with Gasteiger partial charge in [0.2, 0.25) is 0 Å². The molecule has 0 radical (unpaired) electrons. The van der Waals surface area contributed by atoms with Crippen molar-refractivity contribution in [2.24, 2.45) is 11.8 Å². The summed E-state index contributed by atoms with van der Waals surface area (Å²) in [6.07, 6.45) is 18.8. The summed E-state index contributed by atoms with van der Waals surface area (Å²) in [6.45, 7) is 18.9. The zero-order valence-electron chi connectivity index (χ0n) is 26.6. The van der Waals surface area contributed by atoms with E-state index in [0.717, 1.165) is 32.1 Å². The highest BCUT2D eigenvalue weighted by molar-refractivity contribution is 6.74. The SMILES string of the molecule is CC[Si](CC)(CC)OC1CC=C(CCC(O[Si](C)(C)C(C)(C)C)C2CCCCC2)[C@H]1CCC=C=CCC(=O)O. The Kier molecular flexibility index (Phi) is 14.0. The van der Waals surface area contributed by atoms with Gasteiger partial charge in [0, 0.05) is 12.0 Å². The first-order chi connectivity index (χ1) is 18.4. The lowest BCUT2D eigenvalue weighted by Gasteiger charge is -2.42. The summed E-state index contributed by atoms with van der Waals surface area (Å²) >= 11 is 0. The average Bonchev–Trinajstić information content (AvgIpc) is 3.27. The number of aliphatic carboxylic acids is 1. The molecule has 0 aromatic rings. The first-order valence-electron chi connectivity index (χ1n) is 16.0. The molecule has 2 aliphatic rings. The van der Waals surface area contributed by atoms with Gasteiger partial charge in [-0.15, -0.1) is 5.73 Å². The normalized spacial score (nSPS) is 21.8. The molecule has 0 heterocycles. The minimum atomic E-state index is -1.84. The molecule has 39 heavy (non-hydrogen) atoms. The van der Waals surface area contributed by atoms with E-state index in [9.17, 15) is 4.79 Å². The molecule has 2 aliphatic carbocycles. The van der Waals surface area contributed by atoms with Crippen molar-refractivity contribution in [1.29, 1.82) is 0 Å². The number of carboxylic acid groups (broad SMARTS) is 1. The largest absolute Gasteiger partial charge is 0.481 e. The van der Waals surface area contributed by atoms with Crippen LogP contribution in [0.25, 0.3) is 0 Å². The third-order valence-corrected chi connectivity index (χ3v) is 19.3. The lowest BCUT2D eigenvalue weighted by molar-refractivity contribution is -0.136. The highest BCUT2D eigenvalue weighted by atomic mass is 28.4. The minimum absolute atomic E-state index is 0.0330. The van der Waals surface area contributed by atoms with Crippen LogP contribution < -0.4 is 0 Å². The summed E-state index contributed by atoms with van der Waals surface area (Å²) in [5, 5.41) is 9.12. The van der Waals surface area contributed by atoms with Crippen molar-refractivity contribution in [3.05, 3.63) is 29.5 Å². The second-order valence-electron chi connectivity index (χ2n) is 13.6. The van der Waals surface area contributed by atoms with Crippen LogP contribution >= 0.6 is 0 Å². The number of carboxylic acids is 1. The number of hydrogen-bond acceptors (Lipinski definition) is 3. The fourth-order valence-corrected chi connectivity index (χ4v) is 10.6. The zero-order chi connectivity index (χ0) is 29.1. The number of rotatable bonds is 16. The second-order valence-corrected chi connectivity index (χ2v) is 23.1. The molecule has 0 saturated heterocycles. The molecule has 0 spiro atoms. The van der Waals surface area contributed by atoms with Crippen LogP contribution in [0, 0.1) is 11.8 Å². The Labute approximate surface area is 243 Å². The van der Waals surface area contributed by atoms with E-state index in [-0.39, 0.29) is 17.6 Å². The first-order valence-corrected chi connectivity index (χ1v) is 21.5. The van der Waals surface area contributed by atoms with Gasteiger partial charge >= 0.3 is 5.97 Å². The fraction of sp³-hybridized carbons (Fsp3) is 0.818. The molecule has 0 bridgehead atoms. The second kappa shape index (κ2) is 15.9. The molecule has 1 saturated carbocycles. The molecule has 0 amide bonds. The Bertz CT molecular complexity index is 832. The van der Waals surface area contributed by atoms with Gasteiger partial charge in [-0.05, 0) is 99.3 Å². The summed E-state index contributed by atoms with van der Waals surface area (Å²) in [6, 6.07) is 3.54. The van der Waals surface area contributed by atoms with Gasteiger partial charge in [0.1, 0.15) is 0 Å². The summed E-state index contributed by atoms with van der Waals surface area (Å²) < 4.78 is 14.3.